The zero-order valence-corrected chi connectivity index (χ0v) is 16.7. The van der Waals surface area contributed by atoms with Gasteiger partial charge in [-0.3, -0.25) is 9.36 Å². The molecule has 1 aliphatic heterocycles. The number of para-hydroxylation sites is 1. The number of benzene rings is 1. The third-order valence-electron chi connectivity index (χ3n) is 4.40. The van der Waals surface area contributed by atoms with Crippen molar-refractivity contribution in [1.29, 1.82) is 0 Å². The maximum Gasteiger partial charge on any atom is 0.262 e. The number of aromatic nitrogens is 2. The van der Waals surface area contributed by atoms with Gasteiger partial charge in [0.1, 0.15) is 4.21 Å². The number of hydrogen-bond acceptors (Lipinski definition) is 6. The molecular weight excluding hydrogens is 406 g/mol. The molecule has 0 unspecified atom stereocenters. The molecule has 1 aliphatic rings. The maximum atomic E-state index is 12.7. The van der Waals surface area contributed by atoms with Crippen LogP contribution >= 0.6 is 23.6 Å². The predicted octanol–water partition coefficient (Wildman–Crippen LogP) is 2.19. The number of nitrogens with zero attached hydrogens (tertiary/aromatic N) is 2. The number of H-pyrrole nitrogens is 1. The fourth-order valence-corrected chi connectivity index (χ4v) is 6.16. The molecule has 10 heteroatoms. The highest BCUT2D eigenvalue weighted by atomic mass is 32.2. The molecule has 1 aromatic carbocycles. The van der Waals surface area contributed by atoms with Crippen molar-refractivity contribution >= 4 is 44.5 Å². The lowest BCUT2D eigenvalue weighted by atomic mass is 10.2. The van der Waals surface area contributed by atoms with Gasteiger partial charge in [-0.05, 0) is 36.5 Å². The minimum Gasteiger partial charge on any atom is -0.379 e. The second-order valence-electron chi connectivity index (χ2n) is 6.10. The Bertz CT molecular complexity index is 1200. The van der Waals surface area contributed by atoms with Crippen LogP contribution in [0.1, 0.15) is 4.88 Å². The number of hydrogen-bond donors (Lipinski definition) is 1. The third kappa shape index (κ3) is 3.50. The number of rotatable bonds is 4. The Morgan fingerprint density at radius 2 is 1.89 bits per heavy atom. The van der Waals surface area contributed by atoms with E-state index in [-0.39, 0.29) is 16.3 Å². The summed E-state index contributed by atoms with van der Waals surface area (Å²) in [6, 6.07) is 10.5. The van der Waals surface area contributed by atoms with Crippen LogP contribution in [-0.2, 0) is 21.3 Å². The van der Waals surface area contributed by atoms with Crippen molar-refractivity contribution in [2.24, 2.45) is 0 Å². The molecule has 1 saturated heterocycles. The average molecular weight is 424 g/mol. The first kappa shape index (κ1) is 18.5. The van der Waals surface area contributed by atoms with Crippen molar-refractivity contribution in [1.82, 2.24) is 13.9 Å². The normalized spacial score (nSPS) is 16.0. The van der Waals surface area contributed by atoms with Gasteiger partial charge in [-0.15, -0.1) is 11.3 Å². The SMILES string of the molecule is O=c1c2ccccc2[nH]c(=S)n1Cc1ccc(S(=O)(=O)N2CCOCC2)s1. The highest BCUT2D eigenvalue weighted by molar-refractivity contribution is 7.91. The van der Waals surface area contributed by atoms with E-state index in [0.29, 0.717) is 42.0 Å². The Kier molecular flexibility index (Phi) is 4.99. The average Bonchev–Trinajstić information content (AvgIpc) is 3.15. The number of ether oxygens (including phenoxy) is 1. The van der Waals surface area contributed by atoms with E-state index in [1.807, 2.05) is 6.07 Å². The molecule has 7 nitrogen and oxygen atoms in total. The molecule has 0 amide bonds. The van der Waals surface area contributed by atoms with Gasteiger partial charge in [0.25, 0.3) is 15.6 Å². The number of morpholine rings is 1. The van der Waals surface area contributed by atoms with Gasteiger partial charge in [-0.2, -0.15) is 4.31 Å². The first-order valence-electron chi connectivity index (χ1n) is 8.35. The molecule has 0 spiro atoms. The van der Waals surface area contributed by atoms with Crippen LogP contribution < -0.4 is 5.56 Å². The smallest absolute Gasteiger partial charge is 0.262 e. The van der Waals surface area contributed by atoms with Gasteiger partial charge in [0, 0.05) is 18.0 Å². The first-order valence-corrected chi connectivity index (χ1v) is 11.0. The van der Waals surface area contributed by atoms with E-state index in [1.54, 1.807) is 30.3 Å². The molecule has 2 aromatic heterocycles. The van der Waals surface area contributed by atoms with Crippen molar-refractivity contribution < 1.29 is 13.2 Å². The summed E-state index contributed by atoms with van der Waals surface area (Å²) in [7, 11) is -3.54. The Balaban J connectivity index is 1.66. The van der Waals surface area contributed by atoms with Crippen LogP contribution in [0.5, 0.6) is 0 Å². The summed E-state index contributed by atoms with van der Waals surface area (Å²) in [4.78, 5) is 16.5. The fraction of sp³-hybridized carbons (Fsp3) is 0.294. The zero-order valence-electron chi connectivity index (χ0n) is 14.3. The van der Waals surface area contributed by atoms with E-state index in [2.05, 4.69) is 4.98 Å². The Morgan fingerprint density at radius 1 is 1.15 bits per heavy atom. The summed E-state index contributed by atoms with van der Waals surface area (Å²) >= 11 is 6.48. The number of fused-ring (bicyclic) bond motifs is 1. The second-order valence-corrected chi connectivity index (χ2v) is 9.82. The maximum absolute atomic E-state index is 12.7. The van der Waals surface area contributed by atoms with E-state index in [9.17, 15) is 13.2 Å². The summed E-state index contributed by atoms with van der Waals surface area (Å²) in [5.74, 6) is 0. The number of nitrogens with one attached hydrogen (secondary N) is 1. The summed E-state index contributed by atoms with van der Waals surface area (Å²) < 4.78 is 34.2. The minimum absolute atomic E-state index is 0.194. The van der Waals surface area contributed by atoms with Gasteiger partial charge in [0.05, 0.1) is 30.7 Å². The molecule has 3 heterocycles. The highest BCUT2D eigenvalue weighted by Gasteiger charge is 2.27. The van der Waals surface area contributed by atoms with Crippen molar-refractivity contribution in [3.63, 3.8) is 0 Å². The number of aromatic amines is 1. The van der Waals surface area contributed by atoms with E-state index in [1.165, 1.54) is 8.87 Å². The predicted molar refractivity (Wildman–Crippen MR) is 106 cm³/mol. The van der Waals surface area contributed by atoms with Gasteiger partial charge in [0.2, 0.25) is 0 Å². The first-order chi connectivity index (χ1) is 13.0. The van der Waals surface area contributed by atoms with Crippen LogP contribution in [0, 0.1) is 4.77 Å². The van der Waals surface area contributed by atoms with Crippen LogP contribution in [0.15, 0.2) is 45.4 Å². The van der Waals surface area contributed by atoms with Gasteiger partial charge in [-0.25, -0.2) is 8.42 Å². The molecule has 3 aromatic rings. The Hall–Kier alpha value is -1.85. The van der Waals surface area contributed by atoms with Gasteiger partial charge in [-0.1, -0.05) is 12.1 Å². The summed E-state index contributed by atoms with van der Waals surface area (Å²) in [6.45, 7) is 1.73. The molecule has 0 bridgehead atoms. The van der Waals surface area contributed by atoms with E-state index in [4.69, 9.17) is 17.0 Å². The molecule has 4 rings (SSSR count). The third-order valence-corrected chi connectivity index (χ3v) is 8.16. The molecule has 0 aliphatic carbocycles. The van der Waals surface area contributed by atoms with Crippen LogP contribution in [0.25, 0.3) is 10.9 Å². The second kappa shape index (κ2) is 7.28. The molecule has 0 radical (unpaired) electrons. The fourth-order valence-electron chi connectivity index (χ4n) is 2.99. The lowest BCUT2D eigenvalue weighted by Crippen LogP contribution is -2.40. The zero-order chi connectivity index (χ0) is 19.0. The number of thiophene rings is 1. The molecule has 1 N–H and O–H groups in total. The quantitative estimate of drug-likeness (QED) is 0.651. The monoisotopic (exact) mass is 423 g/mol. The standard InChI is InChI=1S/C17H17N3O4S3/c21-16-13-3-1-2-4-14(13)18-17(25)20(16)11-12-5-6-15(26-12)27(22,23)19-7-9-24-10-8-19/h1-6H,7-11H2,(H,18,25). The summed E-state index contributed by atoms with van der Waals surface area (Å²) in [5.41, 5.74) is 0.492. The van der Waals surface area contributed by atoms with Crippen LogP contribution in [-0.4, -0.2) is 48.6 Å². The molecule has 1 fully saturated rings. The van der Waals surface area contributed by atoms with Gasteiger partial charge in [0.15, 0.2) is 4.77 Å². The van der Waals surface area contributed by atoms with E-state index >= 15 is 0 Å². The number of sulfonamides is 1. The van der Waals surface area contributed by atoms with Crippen molar-refractivity contribution in [2.75, 3.05) is 26.3 Å². The molecule has 0 atom stereocenters. The van der Waals surface area contributed by atoms with Gasteiger partial charge < -0.3 is 9.72 Å². The van der Waals surface area contributed by atoms with Crippen molar-refractivity contribution in [2.45, 2.75) is 10.8 Å². The summed E-state index contributed by atoms with van der Waals surface area (Å²) in [6.07, 6.45) is 0. The van der Waals surface area contributed by atoms with E-state index < -0.39 is 10.0 Å². The highest BCUT2D eigenvalue weighted by Crippen LogP contribution is 2.26. The topological polar surface area (TPSA) is 84.4 Å². The van der Waals surface area contributed by atoms with Crippen LogP contribution in [0.3, 0.4) is 0 Å². The van der Waals surface area contributed by atoms with Crippen LogP contribution in [0.4, 0.5) is 0 Å². The van der Waals surface area contributed by atoms with Crippen LogP contribution in [0.2, 0.25) is 0 Å². The lowest BCUT2D eigenvalue weighted by Gasteiger charge is -2.25. The molecular formula is C17H17N3O4S3. The van der Waals surface area contributed by atoms with Crippen molar-refractivity contribution in [3.8, 4) is 0 Å². The van der Waals surface area contributed by atoms with E-state index in [0.717, 1.165) is 16.2 Å². The Morgan fingerprint density at radius 3 is 2.67 bits per heavy atom. The molecule has 27 heavy (non-hydrogen) atoms. The largest absolute Gasteiger partial charge is 0.379 e. The Labute approximate surface area is 164 Å². The lowest BCUT2D eigenvalue weighted by molar-refractivity contribution is 0.0731. The van der Waals surface area contributed by atoms with Crippen molar-refractivity contribution in [3.05, 3.63) is 56.4 Å². The molecule has 0 saturated carbocycles. The summed E-state index contributed by atoms with van der Waals surface area (Å²) in [5, 5.41) is 0.545. The minimum atomic E-state index is -3.54. The molecule has 142 valence electrons. The van der Waals surface area contributed by atoms with Gasteiger partial charge >= 0.3 is 0 Å².